The number of aromatic amines is 1. The van der Waals surface area contributed by atoms with Crippen molar-refractivity contribution in [2.24, 2.45) is 0 Å². The number of thioether (sulfide) groups is 1. The summed E-state index contributed by atoms with van der Waals surface area (Å²) in [5.74, 6) is 0.849. The predicted molar refractivity (Wildman–Crippen MR) is 69.3 cm³/mol. The number of nitrogens with zero attached hydrogens (tertiary/aromatic N) is 1. The van der Waals surface area contributed by atoms with Crippen molar-refractivity contribution in [1.29, 1.82) is 0 Å². The fraction of sp³-hybridized carbons (Fsp3) is 0.182. The summed E-state index contributed by atoms with van der Waals surface area (Å²) in [6.07, 6.45) is 0. The molecule has 0 saturated carbocycles. The van der Waals surface area contributed by atoms with Crippen LogP contribution >= 0.6 is 35.0 Å². The van der Waals surface area contributed by atoms with Crippen molar-refractivity contribution in [3.05, 3.63) is 45.7 Å². The zero-order valence-electron chi connectivity index (χ0n) is 8.63. The highest BCUT2D eigenvalue weighted by Crippen LogP contribution is 2.26. The van der Waals surface area contributed by atoms with Crippen molar-refractivity contribution >= 4 is 35.0 Å². The van der Waals surface area contributed by atoms with E-state index in [1.54, 1.807) is 11.8 Å². The highest BCUT2D eigenvalue weighted by atomic mass is 35.5. The molecule has 2 nitrogen and oxygen atoms in total. The van der Waals surface area contributed by atoms with Crippen LogP contribution < -0.4 is 0 Å². The maximum Gasteiger partial charge on any atom is 0.168 e. The van der Waals surface area contributed by atoms with E-state index in [1.807, 2.05) is 6.07 Å². The Hall–Kier alpha value is -0.640. The van der Waals surface area contributed by atoms with E-state index in [2.05, 4.69) is 35.1 Å². The molecule has 0 radical (unpaired) electrons. The molecule has 1 N–H and O–H groups in total. The van der Waals surface area contributed by atoms with Crippen LogP contribution in [-0.2, 0) is 5.75 Å². The van der Waals surface area contributed by atoms with E-state index in [0.717, 1.165) is 10.9 Å². The average molecular weight is 273 g/mol. The number of benzene rings is 1. The number of halogens is 2. The molecule has 1 aromatic heterocycles. The third-order valence-electron chi connectivity index (χ3n) is 2.06. The van der Waals surface area contributed by atoms with Crippen LogP contribution in [0.4, 0.5) is 0 Å². The van der Waals surface area contributed by atoms with Crippen molar-refractivity contribution in [2.75, 3.05) is 0 Å². The van der Waals surface area contributed by atoms with Gasteiger partial charge in [0, 0.05) is 5.75 Å². The Bertz CT molecular complexity index is 477. The number of rotatable bonds is 3. The van der Waals surface area contributed by atoms with Gasteiger partial charge in [-0.05, 0) is 12.5 Å². The number of nitrogens with one attached hydrogen (secondary N) is 1. The number of hydrogen-bond donors (Lipinski definition) is 1. The van der Waals surface area contributed by atoms with Crippen molar-refractivity contribution < 1.29 is 0 Å². The molecule has 0 aliphatic carbocycles. The molecule has 1 aromatic carbocycles. The first-order chi connectivity index (χ1) is 7.65. The fourth-order valence-electron chi connectivity index (χ4n) is 1.33. The van der Waals surface area contributed by atoms with Gasteiger partial charge in [-0.25, -0.2) is 4.98 Å². The lowest BCUT2D eigenvalue weighted by molar-refractivity contribution is 1.06. The largest absolute Gasteiger partial charge is 0.323 e. The Morgan fingerprint density at radius 3 is 2.81 bits per heavy atom. The van der Waals surface area contributed by atoms with E-state index in [0.29, 0.717) is 10.3 Å². The molecule has 2 aromatic rings. The summed E-state index contributed by atoms with van der Waals surface area (Å²) < 4.78 is 0. The molecule has 0 saturated heterocycles. The first kappa shape index (κ1) is 11.8. The minimum Gasteiger partial charge on any atom is -0.323 e. The monoisotopic (exact) mass is 272 g/mol. The topological polar surface area (TPSA) is 28.7 Å². The number of hydrogen-bond acceptors (Lipinski definition) is 2. The second-order valence-corrected chi connectivity index (χ2v) is 5.12. The molecule has 84 valence electrons. The third-order valence-corrected chi connectivity index (χ3v) is 3.64. The van der Waals surface area contributed by atoms with Crippen LogP contribution in [0.1, 0.15) is 11.1 Å². The van der Waals surface area contributed by atoms with E-state index in [9.17, 15) is 0 Å². The quantitative estimate of drug-likeness (QED) is 0.844. The highest BCUT2D eigenvalue weighted by Gasteiger charge is 2.06. The molecular formula is C11H10Cl2N2S. The van der Waals surface area contributed by atoms with Gasteiger partial charge in [0.15, 0.2) is 10.3 Å². The van der Waals surface area contributed by atoms with E-state index in [1.165, 1.54) is 11.1 Å². The highest BCUT2D eigenvalue weighted by molar-refractivity contribution is 7.98. The van der Waals surface area contributed by atoms with Crippen LogP contribution in [0.3, 0.4) is 0 Å². The summed E-state index contributed by atoms with van der Waals surface area (Å²) >= 11 is 13.1. The van der Waals surface area contributed by atoms with Crippen LogP contribution in [0.2, 0.25) is 10.3 Å². The van der Waals surface area contributed by atoms with Crippen molar-refractivity contribution in [3.8, 4) is 0 Å². The standard InChI is InChI=1S/C11H10Cl2N2S/c1-7-3-2-4-8(5-7)6-16-11-14-9(12)10(13)15-11/h2-5H,6H2,1H3,(H,14,15). The van der Waals surface area contributed by atoms with Gasteiger partial charge in [-0.1, -0.05) is 64.8 Å². The Morgan fingerprint density at radius 2 is 2.19 bits per heavy atom. The van der Waals surface area contributed by atoms with Crippen LogP contribution in [-0.4, -0.2) is 9.97 Å². The molecule has 0 fully saturated rings. The van der Waals surface area contributed by atoms with Crippen molar-refractivity contribution in [1.82, 2.24) is 9.97 Å². The van der Waals surface area contributed by atoms with E-state index in [-0.39, 0.29) is 0 Å². The first-order valence-corrected chi connectivity index (χ1v) is 6.48. The second kappa shape index (κ2) is 5.13. The van der Waals surface area contributed by atoms with Gasteiger partial charge in [-0.2, -0.15) is 0 Å². The van der Waals surface area contributed by atoms with Gasteiger partial charge in [0.2, 0.25) is 0 Å². The second-order valence-electron chi connectivity index (χ2n) is 3.42. The van der Waals surface area contributed by atoms with E-state index in [4.69, 9.17) is 23.2 Å². The summed E-state index contributed by atoms with van der Waals surface area (Å²) in [4.78, 5) is 7.00. The number of imidazole rings is 1. The first-order valence-electron chi connectivity index (χ1n) is 4.74. The van der Waals surface area contributed by atoms with Gasteiger partial charge >= 0.3 is 0 Å². The van der Waals surface area contributed by atoms with Gasteiger partial charge in [-0.15, -0.1) is 0 Å². The summed E-state index contributed by atoms with van der Waals surface area (Å²) in [5, 5.41) is 1.47. The maximum absolute atomic E-state index is 5.77. The molecule has 0 amide bonds. The van der Waals surface area contributed by atoms with Gasteiger partial charge in [-0.3, -0.25) is 0 Å². The SMILES string of the molecule is Cc1cccc(CSc2nc(Cl)c(Cl)[nH]2)c1. The Balaban J connectivity index is 2.02. The molecule has 0 spiro atoms. The average Bonchev–Trinajstić information content (AvgIpc) is 2.56. The van der Waals surface area contributed by atoms with E-state index >= 15 is 0 Å². The van der Waals surface area contributed by atoms with Crippen molar-refractivity contribution in [2.45, 2.75) is 17.8 Å². The minimum absolute atomic E-state index is 0.327. The lowest BCUT2D eigenvalue weighted by Gasteiger charge is -2.00. The normalized spacial score (nSPS) is 10.7. The minimum atomic E-state index is 0.327. The summed E-state index contributed by atoms with van der Waals surface area (Å²) in [7, 11) is 0. The van der Waals surface area contributed by atoms with Gasteiger partial charge in [0.25, 0.3) is 0 Å². The molecule has 2 rings (SSSR count). The molecular weight excluding hydrogens is 263 g/mol. The van der Waals surface area contributed by atoms with Gasteiger partial charge in [0.05, 0.1) is 0 Å². The van der Waals surface area contributed by atoms with Crippen molar-refractivity contribution in [3.63, 3.8) is 0 Å². The predicted octanol–water partition coefficient (Wildman–Crippen LogP) is 4.32. The third kappa shape index (κ3) is 2.94. The lowest BCUT2D eigenvalue weighted by Crippen LogP contribution is -1.82. The maximum atomic E-state index is 5.77. The molecule has 0 aliphatic rings. The molecule has 5 heteroatoms. The Labute approximate surface area is 108 Å². The van der Waals surface area contributed by atoms with Gasteiger partial charge in [0.1, 0.15) is 5.15 Å². The molecule has 0 aliphatic heterocycles. The van der Waals surface area contributed by atoms with Crippen LogP contribution in [0.15, 0.2) is 29.4 Å². The molecule has 1 heterocycles. The summed E-state index contributed by atoms with van der Waals surface area (Å²) in [6.45, 7) is 2.08. The molecule has 0 atom stereocenters. The number of H-pyrrole nitrogens is 1. The lowest BCUT2D eigenvalue weighted by atomic mass is 10.2. The summed E-state index contributed by atoms with van der Waals surface area (Å²) in [6, 6.07) is 8.37. The zero-order valence-corrected chi connectivity index (χ0v) is 11.0. The van der Waals surface area contributed by atoms with Crippen LogP contribution in [0.5, 0.6) is 0 Å². The van der Waals surface area contributed by atoms with Crippen LogP contribution in [0.25, 0.3) is 0 Å². The number of aromatic nitrogens is 2. The molecule has 0 unspecified atom stereocenters. The smallest absolute Gasteiger partial charge is 0.168 e. The van der Waals surface area contributed by atoms with Gasteiger partial charge < -0.3 is 4.98 Å². The Morgan fingerprint density at radius 1 is 1.38 bits per heavy atom. The zero-order chi connectivity index (χ0) is 11.5. The van der Waals surface area contributed by atoms with E-state index < -0.39 is 0 Å². The fourth-order valence-corrected chi connectivity index (χ4v) is 2.52. The van der Waals surface area contributed by atoms with Crippen LogP contribution in [0, 0.1) is 6.92 Å². The summed E-state index contributed by atoms with van der Waals surface area (Å²) in [5.41, 5.74) is 2.52. The Kier molecular flexibility index (Phi) is 3.79. The molecule has 0 bridgehead atoms. The molecule has 16 heavy (non-hydrogen) atoms. The number of aryl methyl sites for hydroxylation is 1.